The number of aliphatic hydroxyl groups is 1. The maximum absolute atomic E-state index is 12.3. The van der Waals surface area contributed by atoms with Crippen LogP contribution in [0.5, 0.6) is 0 Å². The largest absolute Gasteiger partial charge is 0.396 e. The Morgan fingerprint density at radius 1 is 1.03 bits per heavy atom. The average Bonchev–Trinajstić information content (AvgIpc) is 3.07. The lowest BCUT2D eigenvalue weighted by atomic mass is 9.47. The van der Waals surface area contributed by atoms with E-state index in [0.717, 1.165) is 41.9 Å². The highest BCUT2D eigenvalue weighted by Crippen LogP contribution is 2.66. The van der Waals surface area contributed by atoms with Crippen LogP contribution in [0.2, 0.25) is 0 Å². The molecule has 0 radical (unpaired) electrons. The molecule has 1 N–H and O–H groups in total. The number of ketones is 1. The quantitative estimate of drug-likeness (QED) is 0.551. The third-order valence-corrected chi connectivity index (χ3v) is 10.3. The van der Waals surface area contributed by atoms with Crippen molar-refractivity contribution in [3.63, 3.8) is 0 Å². The van der Waals surface area contributed by atoms with Gasteiger partial charge in [-0.05, 0) is 104 Å². The predicted octanol–water partition coefficient (Wildman–Crippen LogP) is 6.28. The molecule has 0 aromatic heterocycles. The molecule has 4 aliphatic rings. The molecule has 4 aliphatic carbocycles. The molecule has 0 aromatic rings. The van der Waals surface area contributed by atoms with Crippen molar-refractivity contribution in [1.29, 1.82) is 0 Å². The van der Waals surface area contributed by atoms with E-state index in [1.807, 2.05) is 0 Å². The van der Waals surface area contributed by atoms with Crippen LogP contribution in [0.4, 0.5) is 0 Å². The topological polar surface area (TPSA) is 37.3 Å². The van der Waals surface area contributed by atoms with Gasteiger partial charge in [-0.15, -0.1) is 0 Å². The highest BCUT2D eigenvalue weighted by atomic mass is 16.3. The third kappa shape index (κ3) is 3.77. The van der Waals surface area contributed by atoms with Gasteiger partial charge in [-0.1, -0.05) is 39.8 Å². The van der Waals surface area contributed by atoms with Crippen LogP contribution in [0, 0.1) is 58.7 Å². The summed E-state index contributed by atoms with van der Waals surface area (Å²) in [4.78, 5) is 12.3. The van der Waals surface area contributed by atoms with Crippen LogP contribution in [0.25, 0.3) is 0 Å². The molecule has 0 saturated heterocycles. The van der Waals surface area contributed by atoms with E-state index in [1.165, 1.54) is 51.4 Å². The number of hydrogen-bond donors (Lipinski definition) is 1. The van der Waals surface area contributed by atoms with Crippen LogP contribution < -0.4 is 0 Å². The fourth-order valence-corrected chi connectivity index (χ4v) is 8.65. The fourth-order valence-electron chi connectivity index (χ4n) is 8.65. The Bertz CT molecular complexity index is 624. The van der Waals surface area contributed by atoms with Crippen molar-refractivity contribution in [2.45, 2.75) is 85.5 Å². The lowest BCUT2D eigenvalue weighted by molar-refractivity contribution is -0.136. The van der Waals surface area contributed by atoms with Crippen LogP contribution >= 0.6 is 0 Å². The molecule has 0 aliphatic heterocycles. The fraction of sp³-hybridized carbons (Fsp3) is 0.889. The summed E-state index contributed by atoms with van der Waals surface area (Å²) in [6.45, 7) is 9.70. The number of allylic oxidation sites excluding steroid dienone is 1. The first kappa shape index (κ1) is 21.6. The number of carbonyl (C=O) groups is 1. The van der Waals surface area contributed by atoms with Gasteiger partial charge in [0.1, 0.15) is 5.78 Å². The molecule has 10 atom stereocenters. The van der Waals surface area contributed by atoms with Crippen molar-refractivity contribution in [3.8, 4) is 0 Å². The zero-order valence-corrected chi connectivity index (χ0v) is 19.3. The van der Waals surface area contributed by atoms with Crippen LogP contribution in [0.3, 0.4) is 0 Å². The molecule has 0 spiro atoms. The van der Waals surface area contributed by atoms with Crippen LogP contribution in [-0.4, -0.2) is 17.5 Å². The van der Waals surface area contributed by atoms with Gasteiger partial charge in [0, 0.05) is 18.9 Å². The monoisotopic (exact) mass is 400 g/mol. The van der Waals surface area contributed by atoms with Gasteiger partial charge in [-0.2, -0.15) is 0 Å². The second-order valence-electron chi connectivity index (χ2n) is 11.7. The highest BCUT2D eigenvalue weighted by molar-refractivity contribution is 5.81. The molecule has 0 unspecified atom stereocenters. The van der Waals surface area contributed by atoms with E-state index in [2.05, 4.69) is 39.8 Å². The Morgan fingerprint density at radius 3 is 2.52 bits per heavy atom. The molecule has 0 amide bonds. The van der Waals surface area contributed by atoms with E-state index in [4.69, 9.17) is 0 Å². The van der Waals surface area contributed by atoms with E-state index in [0.29, 0.717) is 23.0 Å². The van der Waals surface area contributed by atoms with Gasteiger partial charge in [-0.25, -0.2) is 0 Å². The normalized spacial score (nSPS) is 46.8. The minimum Gasteiger partial charge on any atom is -0.396 e. The Labute approximate surface area is 178 Å². The Hall–Kier alpha value is -0.630. The van der Waals surface area contributed by atoms with Crippen molar-refractivity contribution >= 4 is 5.78 Å². The minimum absolute atomic E-state index is 0.254. The first-order valence-electron chi connectivity index (χ1n) is 12.7. The molecule has 4 fully saturated rings. The van der Waals surface area contributed by atoms with Crippen molar-refractivity contribution in [2.24, 2.45) is 58.7 Å². The van der Waals surface area contributed by atoms with Gasteiger partial charge in [0.2, 0.25) is 0 Å². The summed E-state index contributed by atoms with van der Waals surface area (Å²) in [5.41, 5.74) is 0.541. The van der Waals surface area contributed by atoms with Crippen molar-refractivity contribution in [3.05, 3.63) is 12.2 Å². The summed E-state index contributed by atoms with van der Waals surface area (Å²) in [5.74, 6) is 7.01. The van der Waals surface area contributed by atoms with E-state index < -0.39 is 0 Å². The molecule has 4 rings (SSSR count). The Morgan fingerprint density at radius 2 is 1.76 bits per heavy atom. The van der Waals surface area contributed by atoms with Gasteiger partial charge in [0.15, 0.2) is 0 Å². The summed E-state index contributed by atoms with van der Waals surface area (Å²) < 4.78 is 0. The van der Waals surface area contributed by atoms with Gasteiger partial charge in [0.05, 0.1) is 0 Å². The number of Topliss-reactive ketones (excluding diaryl/α,β-unsaturated/α-hetero) is 1. The van der Waals surface area contributed by atoms with E-state index in [-0.39, 0.29) is 12.5 Å². The van der Waals surface area contributed by atoms with Crippen molar-refractivity contribution in [1.82, 2.24) is 0 Å². The molecule has 2 nitrogen and oxygen atoms in total. The SMILES string of the molecule is C[C@H](/C=C/C[C@@H](C)[C@@H]1CC[C@]2(C)[C@H]3CC[C@H]4[C@@H](CCC(=O)[C@@H]4C)[C@@H]3CC[C@@H]12)CO. The molecular formula is C27H44O2. The van der Waals surface area contributed by atoms with Gasteiger partial charge in [-0.3, -0.25) is 4.79 Å². The van der Waals surface area contributed by atoms with Gasteiger partial charge < -0.3 is 5.11 Å². The van der Waals surface area contributed by atoms with Gasteiger partial charge >= 0.3 is 0 Å². The number of aliphatic hydroxyl groups excluding tert-OH is 1. The summed E-state index contributed by atoms with van der Waals surface area (Å²) >= 11 is 0. The summed E-state index contributed by atoms with van der Waals surface area (Å²) in [7, 11) is 0. The molecular weight excluding hydrogens is 356 g/mol. The van der Waals surface area contributed by atoms with Gasteiger partial charge in [0.25, 0.3) is 0 Å². The number of fused-ring (bicyclic) bond motifs is 5. The van der Waals surface area contributed by atoms with Crippen molar-refractivity contribution in [2.75, 3.05) is 6.61 Å². The molecule has 164 valence electrons. The maximum Gasteiger partial charge on any atom is 0.135 e. The molecule has 0 aromatic carbocycles. The van der Waals surface area contributed by atoms with Crippen molar-refractivity contribution < 1.29 is 9.90 Å². The van der Waals surface area contributed by atoms with E-state index >= 15 is 0 Å². The molecule has 29 heavy (non-hydrogen) atoms. The molecule has 0 heterocycles. The average molecular weight is 401 g/mol. The zero-order valence-electron chi connectivity index (χ0n) is 19.3. The van der Waals surface area contributed by atoms with Crippen LogP contribution in [0.1, 0.15) is 85.5 Å². The minimum atomic E-state index is 0.254. The number of hydrogen-bond acceptors (Lipinski definition) is 2. The first-order valence-corrected chi connectivity index (χ1v) is 12.7. The highest BCUT2D eigenvalue weighted by Gasteiger charge is 2.58. The molecule has 0 bridgehead atoms. The van der Waals surface area contributed by atoms with Crippen LogP contribution in [0.15, 0.2) is 12.2 Å². The summed E-state index contributed by atoms with van der Waals surface area (Å²) in [5, 5.41) is 9.25. The number of carbonyl (C=O) groups excluding carboxylic acids is 1. The second kappa shape index (κ2) is 8.48. The smallest absolute Gasteiger partial charge is 0.135 e. The summed E-state index contributed by atoms with van der Waals surface area (Å²) in [6.07, 6.45) is 16.1. The van der Waals surface area contributed by atoms with E-state index in [9.17, 15) is 9.90 Å². The lowest BCUT2D eigenvalue weighted by Crippen LogP contribution is -2.51. The third-order valence-electron chi connectivity index (χ3n) is 10.3. The lowest BCUT2D eigenvalue weighted by Gasteiger charge is -2.57. The first-order chi connectivity index (χ1) is 13.9. The predicted molar refractivity (Wildman–Crippen MR) is 119 cm³/mol. The summed E-state index contributed by atoms with van der Waals surface area (Å²) in [6, 6.07) is 0. The maximum atomic E-state index is 12.3. The standard InChI is InChI=1S/C27H44O2/c1-17(16-28)6-5-7-18(2)20-14-15-27(4)24(20)12-9-23-22-10-13-26(29)19(3)21(22)8-11-25(23)27/h5-6,17-25,28H,7-16H2,1-4H3/b6-5+/t17-,18-,19-,20+,21-,22-,23+,24+,25+,27+/m1/s1. The zero-order chi connectivity index (χ0) is 20.8. The Balaban J connectivity index is 1.45. The molecule has 4 saturated carbocycles. The second-order valence-corrected chi connectivity index (χ2v) is 11.7. The van der Waals surface area contributed by atoms with E-state index in [1.54, 1.807) is 0 Å². The number of rotatable bonds is 5. The molecule has 2 heteroatoms. The Kier molecular flexibility index (Phi) is 6.32. The van der Waals surface area contributed by atoms with Crippen LogP contribution in [-0.2, 0) is 4.79 Å².